The maximum absolute atomic E-state index is 12.7. The van der Waals surface area contributed by atoms with Gasteiger partial charge in [-0.15, -0.1) is 0 Å². The predicted molar refractivity (Wildman–Crippen MR) is 127 cm³/mol. The molecule has 1 heterocycles. The summed E-state index contributed by atoms with van der Waals surface area (Å²) in [5.74, 6) is 0.349. The average molecular weight is 471 g/mol. The maximum atomic E-state index is 12.7. The molecule has 174 valence electrons. The number of anilines is 1. The van der Waals surface area contributed by atoms with Gasteiger partial charge in [0.1, 0.15) is 0 Å². The van der Waals surface area contributed by atoms with Crippen molar-refractivity contribution in [1.82, 2.24) is 4.90 Å². The smallest absolute Gasteiger partial charge is 0.338 e. The van der Waals surface area contributed by atoms with Gasteiger partial charge in [-0.25, -0.2) is 4.79 Å². The van der Waals surface area contributed by atoms with Crippen LogP contribution in [0.2, 0.25) is 0 Å². The number of thioether (sulfide) groups is 1. The van der Waals surface area contributed by atoms with Crippen LogP contribution >= 0.6 is 11.8 Å². The topological polar surface area (TPSA) is 94.2 Å². The molecular weight excluding hydrogens is 444 g/mol. The summed E-state index contributed by atoms with van der Waals surface area (Å²) in [5, 5.41) is 2.67. The van der Waals surface area contributed by atoms with Crippen LogP contribution in [0.1, 0.15) is 35.7 Å². The van der Waals surface area contributed by atoms with Gasteiger partial charge in [0.15, 0.2) is 11.5 Å². The molecule has 0 unspecified atom stereocenters. The van der Waals surface area contributed by atoms with Crippen molar-refractivity contribution < 1.29 is 28.6 Å². The molecule has 0 aromatic heterocycles. The molecule has 1 aliphatic rings. The molecule has 0 aliphatic carbocycles. The van der Waals surface area contributed by atoms with Crippen molar-refractivity contribution in [3.63, 3.8) is 0 Å². The van der Waals surface area contributed by atoms with E-state index in [1.54, 1.807) is 55.7 Å². The van der Waals surface area contributed by atoms with Crippen LogP contribution in [0.15, 0.2) is 47.4 Å². The van der Waals surface area contributed by atoms with Gasteiger partial charge in [-0.2, -0.15) is 0 Å². The van der Waals surface area contributed by atoms with Gasteiger partial charge in [-0.3, -0.25) is 14.5 Å². The fraction of sp³-hybridized carbons (Fsp3) is 0.292. The zero-order chi connectivity index (χ0) is 23.8. The van der Waals surface area contributed by atoms with Crippen molar-refractivity contribution in [3.8, 4) is 11.5 Å². The Bertz CT molecular complexity index is 1050. The SMILES string of the molecule is CCCCOC(=O)c1ccc(NCN2C(=O)SC(=Cc3ccc(OC)c(OC)c3)C2=O)cc1. The van der Waals surface area contributed by atoms with E-state index in [9.17, 15) is 14.4 Å². The first-order chi connectivity index (χ1) is 16.0. The summed E-state index contributed by atoms with van der Waals surface area (Å²) < 4.78 is 15.7. The number of nitrogens with one attached hydrogen (secondary N) is 1. The van der Waals surface area contributed by atoms with Crippen molar-refractivity contribution in [3.05, 3.63) is 58.5 Å². The van der Waals surface area contributed by atoms with Gasteiger partial charge in [0.2, 0.25) is 0 Å². The molecule has 0 atom stereocenters. The number of amides is 2. The first kappa shape index (κ1) is 24.2. The Kier molecular flexibility index (Phi) is 8.37. The van der Waals surface area contributed by atoms with Crippen molar-refractivity contribution in [1.29, 1.82) is 0 Å². The Hall–Kier alpha value is -3.46. The van der Waals surface area contributed by atoms with E-state index < -0.39 is 0 Å². The number of imide groups is 1. The number of esters is 1. The molecule has 8 nitrogen and oxygen atoms in total. The number of benzene rings is 2. The third-order valence-corrected chi connectivity index (χ3v) is 5.78. The molecule has 2 aromatic rings. The van der Waals surface area contributed by atoms with Crippen LogP contribution in [0.5, 0.6) is 11.5 Å². The first-order valence-corrected chi connectivity index (χ1v) is 11.3. The number of carbonyl (C=O) groups is 3. The zero-order valence-electron chi connectivity index (χ0n) is 18.8. The van der Waals surface area contributed by atoms with E-state index >= 15 is 0 Å². The van der Waals surface area contributed by atoms with E-state index in [2.05, 4.69) is 5.32 Å². The standard InChI is InChI=1S/C24H26N2O6S/c1-4-5-12-32-23(28)17-7-9-18(10-8-17)25-15-26-22(27)21(33-24(26)29)14-16-6-11-19(30-2)20(13-16)31-3/h6-11,13-14,25H,4-5,12,15H2,1-3H3. The molecule has 0 saturated carbocycles. The number of carbonyl (C=O) groups excluding carboxylic acids is 3. The Labute approximate surface area is 196 Å². The molecule has 1 aliphatic heterocycles. The summed E-state index contributed by atoms with van der Waals surface area (Å²) in [6.07, 6.45) is 3.42. The van der Waals surface area contributed by atoms with E-state index in [1.807, 2.05) is 6.92 Å². The molecule has 1 fully saturated rings. The van der Waals surface area contributed by atoms with Gasteiger partial charge in [0, 0.05) is 5.69 Å². The van der Waals surface area contributed by atoms with Gasteiger partial charge in [0.25, 0.3) is 11.1 Å². The number of rotatable bonds is 10. The molecule has 33 heavy (non-hydrogen) atoms. The molecule has 2 amide bonds. The van der Waals surface area contributed by atoms with E-state index in [1.165, 1.54) is 7.11 Å². The van der Waals surface area contributed by atoms with E-state index in [4.69, 9.17) is 14.2 Å². The Morgan fingerprint density at radius 1 is 1.06 bits per heavy atom. The number of ether oxygens (including phenoxy) is 3. The average Bonchev–Trinajstić information content (AvgIpc) is 3.09. The van der Waals surface area contributed by atoms with Crippen LogP contribution in [0.25, 0.3) is 6.08 Å². The molecule has 1 saturated heterocycles. The van der Waals surface area contributed by atoms with E-state index in [0.717, 1.165) is 29.5 Å². The van der Waals surface area contributed by atoms with Crippen LogP contribution < -0.4 is 14.8 Å². The fourth-order valence-corrected chi connectivity index (χ4v) is 3.86. The fourth-order valence-electron chi connectivity index (χ4n) is 3.02. The molecule has 0 radical (unpaired) electrons. The molecule has 3 rings (SSSR count). The lowest BCUT2D eigenvalue weighted by Gasteiger charge is -2.14. The van der Waals surface area contributed by atoms with Crippen molar-refractivity contribution in [2.45, 2.75) is 19.8 Å². The summed E-state index contributed by atoms with van der Waals surface area (Å²) in [6, 6.07) is 11.9. The second-order valence-corrected chi connectivity index (χ2v) is 8.12. The highest BCUT2D eigenvalue weighted by atomic mass is 32.2. The third kappa shape index (κ3) is 6.07. The minimum absolute atomic E-state index is 0.00817. The lowest BCUT2D eigenvalue weighted by molar-refractivity contribution is -0.122. The highest BCUT2D eigenvalue weighted by molar-refractivity contribution is 8.18. The Morgan fingerprint density at radius 3 is 2.45 bits per heavy atom. The van der Waals surface area contributed by atoms with Crippen molar-refractivity contribution in [2.24, 2.45) is 0 Å². The van der Waals surface area contributed by atoms with Crippen LogP contribution in [0, 0.1) is 0 Å². The summed E-state index contributed by atoms with van der Waals surface area (Å²) in [5.41, 5.74) is 1.83. The van der Waals surface area contributed by atoms with Gasteiger partial charge < -0.3 is 19.5 Å². The van der Waals surface area contributed by atoms with Gasteiger partial charge in [-0.1, -0.05) is 19.4 Å². The molecule has 0 spiro atoms. The number of methoxy groups -OCH3 is 2. The van der Waals surface area contributed by atoms with Gasteiger partial charge >= 0.3 is 5.97 Å². The van der Waals surface area contributed by atoms with Gasteiger partial charge in [-0.05, 0) is 66.2 Å². The second kappa shape index (κ2) is 11.4. The highest BCUT2D eigenvalue weighted by Crippen LogP contribution is 2.34. The third-order valence-electron chi connectivity index (χ3n) is 4.87. The monoisotopic (exact) mass is 470 g/mol. The van der Waals surface area contributed by atoms with Crippen LogP contribution in [0.3, 0.4) is 0 Å². The number of hydrogen-bond acceptors (Lipinski definition) is 8. The molecule has 0 bridgehead atoms. The number of hydrogen-bond donors (Lipinski definition) is 1. The Balaban J connectivity index is 1.61. The van der Waals surface area contributed by atoms with E-state index in [-0.39, 0.29) is 23.8 Å². The summed E-state index contributed by atoms with van der Waals surface area (Å²) >= 11 is 0.876. The van der Waals surface area contributed by atoms with Crippen molar-refractivity contribution in [2.75, 3.05) is 32.8 Å². The minimum Gasteiger partial charge on any atom is -0.493 e. The highest BCUT2D eigenvalue weighted by Gasteiger charge is 2.34. The summed E-state index contributed by atoms with van der Waals surface area (Å²) in [6.45, 7) is 2.43. The first-order valence-electron chi connectivity index (χ1n) is 10.4. The molecule has 9 heteroatoms. The maximum Gasteiger partial charge on any atom is 0.338 e. The van der Waals surface area contributed by atoms with Crippen LogP contribution in [-0.4, -0.2) is 49.5 Å². The van der Waals surface area contributed by atoms with Crippen LogP contribution in [0.4, 0.5) is 10.5 Å². The Morgan fingerprint density at radius 2 is 1.79 bits per heavy atom. The lowest BCUT2D eigenvalue weighted by atomic mass is 10.2. The molecular formula is C24H26N2O6S. The molecule has 1 N–H and O–H groups in total. The zero-order valence-corrected chi connectivity index (χ0v) is 19.6. The van der Waals surface area contributed by atoms with Crippen LogP contribution in [-0.2, 0) is 9.53 Å². The van der Waals surface area contributed by atoms with Gasteiger partial charge in [0.05, 0.1) is 38.0 Å². The van der Waals surface area contributed by atoms with E-state index in [0.29, 0.717) is 39.8 Å². The quantitative estimate of drug-likeness (QED) is 0.302. The summed E-state index contributed by atoms with van der Waals surface area (Å²) in [7, 11) is 3.08. The predicted octanol–water partition coefficient (Wildman–Crippen LogP) is 4.77. The number of unbranched alkanes of at least 4 members (excludes halogenated alkanes) is 1. The number of nitrogens with zero attached hydrogens (tertiary/aromatic N) is 1. The second-order valence-electron chi connectivity index (χ2n) is 7.13. The lowest BCUT2D eigenvalue weighted by Crippen LogP contribution is -2.33. The molecule has 2 aromatic carbocycles. The normalized spacial score (nSPS) is 14.5. The largest absolute Gasteiger partial charge is 0.493 e. The summed E-state index contributed by atoms with van der Waals surface area (Å²) in [4.78, 5) is 38.6. The minimum atomic E-state index is -0.386. The van der Waals surface area contributed by atoms with Crippen molar-refractivity contribution >= 4 is 40.6 Å².